The number of likely N-dealkylation sites (N-methyl/N-ethyl adjacent to an activating group) is 1. The molecule has 0 aromatic carbocycles. The van der Waals surface area contributed by atoms with Crippen LogP contribution in [0.3, 0.4) is 0 Å². The monoisotopic (exact) mass is 971 g/mol. The van der Waals surface area contributed by atoms with Crippen LogP contribution in [0, 0.1) is 0 Å². The first-order valence-electron chi connectivity index (χ1n) is 27.0. The van der Waals surface area contributed by atoms with E-state index in [1.54, 1.807) is 0 Å². The number of quaternary nitrogens is 1. The zero-order valence-electron chi connectivity index (χ0n) is 44.1. The standard InChI is InChI=1S/C58H100NO8P/c1-6-8-10-12-14-16-18-20-22-24-26-28-29-31-33-35-37-39-41-43-45-47-49-51-58(61)67-56(55-66-68(62,63)65-53-52-59(3,4)5)54-64-57(60)50-48-46-44-42-40-38-36-34-32-30-27-25-23-21-19-17-15-13-11-9-7-2/h8,10,14,16,20,22,25-28,31,33,37,39,43,45,56H,6-7,9,11-13,15,17-19,21,23-24,29-30,32,34-36,38,40-42,44,46-55H2,1-5H3/p+1/b10-8-,16-14-,22-20-,27-25-,28-26-,33-31-,39-37-,45-43-. The molecule has 0 aromatic rings. The van der Waals surface area contributed by atoms with Crippen LogP contribution in [0.1, 0.15) is 206 Å². The minimum absolute atomic E-state index is 0.0155. The van der Waals surface area contributed by atoms with Gasteiger partial charge in [-0.15, -0.1) is 0 Å². The fourth-order valence-electron chi connectivity index (χ4n) is 6.94. The van der Waals surface area contributed by atoms with Crippen LogP contribution in [0.15, 0.2) is 97.2 Å². The van der Waals surface area contributed by atoms with E-state index in [2.05, 4.69) is 105 Å². The Balaban J connectivity index is 4.35. The average molecular weight is 971 g/mol. The minimum atomic E-state index is -4.41. The van der Waals surface area contributed by atoms with Crippen molar-refractivity contribution >= 4 is 19.8 Å². The predicted molar refractivity (Wildman–Crippen MR) is 288 cm³/mol. The predicted octanol–water partition coefficient (Wildman–Crippen LogP) is 16.5. The van der Waals surface area contributed by atoms with Gasteiger partial charge in [-0.25, -0.2) is 4.57 Å². The number of allylic oxidation sites excluding steroid dienone is 16. The van der Waals surface area contributed by atoms with Crippen molar-refractivity contribution in [2.24, 2.45) is 0 Å². The zero-order valence-corrected chi connectivity index (χ0v) is 45.0. The zero-order chi connectivity index (χ0) is 49.9. The first kappa shape index (κ1) is 64.9. The molecule has 0 rings (SSSR count). The lowest BCUT2D eigenvalue weighted by atomic mass is 10.1. The molecular weight excluding hydrogens is 870 g/mol. The Morgan fingerprint density at radius 2 is 0.853 bits per heavy atom. The number of rotatable bonds is 48. The van der Waals surface area contributed by atoms with E-state index in [0.717, 1.165) is 64.2 Å². The van der Waals surface area contributed by atoms with Gasteiger partial charge in [-0.1, -0.05) is 201 Å². The summed E-state index contributed by atoms with van der Waals surface area (Å²) in [6.45, 7) is 4.24. The van der Waals surface area contributed by atoms with Gasteiger partial charge >= 0.3 is 19.8 Å². The summed E-state index contributed by atoms with van der Waals surface area (Å²) in [4.78, 5) is 35.6. The molecule has 9 nitrogen and oxygen atoms in total. The maximum Gasteiger partial charge on any atom is 0.472 e. The van der Waals surface area contributed by atoms with Gasteiger partial charge in [0.2, 0.25) is 0 Å². The molecule has 0 aliphatic carbocycles. The van der Waals surface area contributed by atoms with E-state index in [-0.39, 0.29) is 32.0 Å². The van der Waals surface area contributed by atoms with Crippen molar-refractivity contribution in [2.75, 3.05) is 47.5 Å². The molecular formula is C58H101NO8P+. The summed E-state index contributed by atoms with van der Waals surface area (Å²) in [5.41, 5.74) is 0. The van der Waals surface area contributed by atoms with Crippen molar-refractivity contribution in [1.82, 2.24) is 0 Å². The number of hydrogen-bond acceptors (Lipinski definition) is 7. The lowest BCUT2D eigenvalue weighted by molar-refractivity contribution is -0.870. The number of phosphoric acid groups is 1. The Kier molecular flexibility index (Phi) is 46.7. The number of phosphoric ester groups is 1. The highest BCUT2D eigenvalue weighted by atomic mass is 31.2. The SMILES string of the molecule is CC/C=C\C/C=C\C/C=C\C/C=C\C/C=C\C/C=C\C/C=C\CCCC(=O)OC(COC(=O)CCCCCCCCCCC/C=C\CCCCCCCCCC)COP(=O)(O)OCC[N+](C)(C)C. The molecule has 0 spiro atoms. The van der Waals surface area contributed by atoms with Gasteiger partial charge in [0.05, 0.1) is 27.7 Å². The van der Waals surface area contributed by atoms with Gasteiger partial charge in [-0.3, -0.25) is 18.6 Å². The first-order valence-corrected chi connectivity index (χ1v) is 28.5. The maximum atomic E-state index is 12.8. The van der Waals surface area contributed by atoms with Crippen molar-refractivity contribution in [2.45, 2.75) is 213 Å². The molecule has 390 valence electrons. The molecule has 0 saturated heterocycles. The van der Waals surface area contributed by atoms with Gasteiger partial charge in [0.15, 0.2) is 6.10 Å². The Morgan fingerprint density at radius 1 is 0.471 bits per heavy atom. The molecule has 10 heteroatoms. The average Bonchev–Trinajstić information content (AvgIpc) is 3.30. The fraction of sp³-hybridized carbons (Fsp3) is 0.690. The molecule has 68 heavy (non-hydrogen) atoms. The normalized spacial score (nSPS) is 14.1. The van der Waals surface area contributed by atoms with Crippen LogP contribution >= 0.6 is 7.82 Å². The molecule has 0 radical (unpaired) electrons. The molecule has 0 saturated carbocycles. The summed E-state index contributed by atoms with van der Waals surface area (Å²) in [6, 6.07) is 0. The maximum absolute atomic E-state index is 12.8. The van der Waals surface area contributed by atoms with Crippen molar-refractivity contribution in [3.8, 4) is 0 Å². The van der Waals surface area contributed by atoms with Gasteiger partial charge in [0, 0.05) is 12.8 Å². The third kappa shape index (κ3) is 52.3. The van der Waals surface area contributed by atoms with Gasteiger partial charge in [0.25, 0.3) is 0 Å². The number of unbranched alkanes of at least 4 members (excludes halogenated alkanes) is 18. The van der Waals surface area contributed by atoms with Crippen molar-refractivity contribution in [3.63, 3.8) is 0 Å². The highest BCUT2D eigenvalue weighted by Gasteiger charge is 2.27. The lowest BCUT2D eigenvalue weighted by Gasteiger charge is -2.24. The molecule has 1 N–H and O–H groups in total. The lowest BCUT2D eigenvalue weighted by Crippen LogP contribution is -2.37. The van der Waals surface area contributed by atoms with Crippen LogP contribution < -0.4 is 0 Å². The molecule has 0 amide bonds. The largest absolute Gasteiger partial charge is 0.472 e. The topological polar surface area (TPSA) is 108 Å². The number of carbonyl (C=O) groups excluding carboxylic acids is 2. The minimum Gasteiger partial charge on any atom is -0.462 e. The summed E-state index contributed by atoms with van der Waals surface area (Å²) in [7, 11) is 1.43. The molecule has 0 aromatic heterocycles. The number of carbonyl (C=O) groups is 2. The summed E-state index contributed by atoms with van der Waals surface area (Å²) < 4.78 is 34.4. The highest BCUT2D eigenvalue weighted by molar-refractivity contribution is 7.47. The Morgan fingerprint density at radius 3 is 1.31 bits per heavy atom. The fourth-order valence-corrected chi connectivity index (χ4v) is 7.68. The van der Waals surface area contributed by atoms with Crippen LogP contribution in [-0.4, -0.2) is 74.9 Å². The third-order valence-corrected chi connectivity index (χ3v) is 12.1. The van der Waals surface area contributed by atoms with E-state index >= 15 is 0 Å². The van der Waals surface area contributed by atoms with Crippen molar-refractivity contribution in [3.05, 3.63) is 97.2 Å². The summed E-state index contributed by atoms with van der Waals surface area (Å²) >= 11 is 0. The Labute approximate surface area is 417 Å². The van der Waals surface area contributed by atoms with Crippen LogP contribution in [0.4, 0.5) is 0 Å². The molecule has 0 aliphatic rings. The van der Waals surface area contributed by atoms with Gasteiger partial charge in [-0.05, 0) is 89.9 Å². The summed E-state index contributed by atoms with van der Waals surface area (Å²) in [5, 5.41) is 0. The molecule has 0 aliphatic heterocycles. The third-order valence-electron chi connectivity index (χ3n) is 11.1. The quantitative estimate of drug-likeness (QED) is 0.0211. The Hall–Kier alpha value is -3.07. The van der Waals surface area contributed by atoms with Crippen molar-refractivity contribution in [1.29, 1.82) is 0 Å². The van der Waals surface area contributed by atoms with Gasteiger partial charge in [-0.2, -0.15) is 0 Å². The van der Waals surface area contributed by atoms with E-state index in [1.165, 1.54) is 103 Å². The molecule has 2 unspecified atom stereocenters. The second-order valence-corrected chi connectivity index (χ2v) is 20.3. The van der Waals surface area contributed by atoms with Gasteiger partial charge < -0.3 is 18.9 Å². The van der Waals surface area contributed by atoms with Crippen LogP contribution in [0.25, 0.3) is 0 Å². The second kappa shape index (κ2) is 48.9. The van der Waals surface area contributed by atoms with E-state index in [9.17, 15) is 19.0 Å². The molecule has 0 bridgehead atoms. The van der Waals surface area contributed by atoms with E-state index in [0.29, 0.717) is 23.9 Å². The summed E-state index contributed by atoms with van der Waals surface area (Å²) in [5.74, 6) is -0.874. The number of nitrogens with zero attached hydrogens (tertiary/aromatic N) is 1. The van der Waals surface area contributed by atoms with E-state index < -0.39 is 26.5 Å². The molecule has 0 fully saturated rings. The highest BCUT2D eigenvalue weighted by Crippen LogP contribution is 2.43. The number of esters is 2. The van der Waals surface area contributed by atoms with E-state index in [1.807, 2.05) is 27.2 Å². The first-order chi connectivity index (χ1) is 33.0. The van der Waals surface area contributed by atoms with Crippen molar-refractivity contribution < 1.29 is 42.1 Å². The smallest absolute Gasteiger partial charge is 0.462 e. The summed E-state index contributed by atoms with van der Waals surface area (Å²) in [6.07, 6.45) is 66.2. The number of hydrogen-bond donors (Lipinski definition) is 1. The second-order valence-electron chi connectivity index (χ2n) is 18.9. The van der Waals surface area contributed by atoms with Crippen LogP contribution in [-0.2, 0) is 32.7 Å². The molecule has 0 heterocycles. The molecule has 2 atom stereocenters. The van der Waals surface area contributed by atoms with Crippen LogP contribution in [0.5, 0.6) is 0 Å². The van der Waals surface area contributed by atoms with Crippen LogP contribution in [0.2, 0.25) is 0 Å². The Bertz CT molecular complexity index is 1470. The van der Waals surface area contributed by atoms with Gasteiger partial charge in [0.1, 0.15) is 19.8 Å². The van der Waals surface area contributed by atoms with E-state index in [4.69, 9.17) is 18.5 Å². The number of ether oxygens (including phenoxy) is 2.